The van der Waals surface area contributed by atoms with Gasteiger partial charge in [-0.05, 0) is 48.9 Å². The zero-order chi connectivity index (χ0) is 15.9. The third-order valence-electron chi connectivity index (χ3n) is 4.04. The fourth-order valence-electron chi connectivity index (χ4n) is 2.64. The van der Waals surface area contributed by atoms with Crippen LogP contribution in [0.4, 0.5) is 5.95 Å². The minimum Gasteiger partial charge on any atom is -0.379 e. The van der Waals surface area contributed by atoms with Gasteiger partial charge in [-0.1, -0.05) is 22.8 Å². The average Bonchev–Trinajstić information content (AvgIpc) is 3.05. The second kappa shape index (κ2) is 8.03. The lowest BCUT2D eigenvalue weighted by Crippen LogP contribution is -2.36. The number of aryl methyl sites for hydroxylation is 1. The number of ether oxygens (including phenoxy) is 1. The van der Waals surface area contributed by atoms with E-state index < -0.39 is 0 Å². The second-order valence-electron chi connectivity index (χ2n) is 5.84. The molecule has 3 rings (SSSR count). The maximum Gasteiger partial charge on any atom is 0.247 e. The summed E-state index contributed by atoms with van der Waals surface area (Å²) in [6, 6.07) is 8.16. The Morgan fingerprint density at radius 2 is 1.91 bits per heavy atom. The molecule has 0 bridgehead atoms. The van der Waals surface area contributed by atoms with Crippen LogP contribution in [0.5, 0.6) is 0 Å². The summed E-state index contributed by atoms with van der Waals surface area (Å²) in [6.45, 7) is 7.91. The first-order valence-electron chi connectivity index (χ1n) is 8.22. The number of nitrogens with one attached hydrogen (secondary N) is 1. The molecule has 1 aliphatic rings. The van der Waals surface area contributed by atoms with Gasteiger partial charge in [-0.15, -0.1) is 0 Å². The largest absolute Gasteiger partial charge is 0.379 e. The van der Waals surface area contributed by atoms with Gasteiger partial charge in [-0.25, -0.2) is 0 Å². The van der Waals surface area contributed by atoms with E-state index in [0.29, 0.717) is 5.95 Å². The first-order chi connectivity index (χ1) is 11.3. The topological polar surface area (TPSA) is 68.1 Å². The Kier molecular flexibility index (Phi) is 5.55. The van der Waals surface area contributed by atoms with Gasteiger partial charge in [0, 0.05) is 19.6 Å². The quantitative estimate of drug-likeness (QED) is 0.781. The molecule has 1 aromatic carbocycles. The summed E-state index contributed by atoms with van der Waals surface area (Å²) in [5.74, 6) is 0.695. The van der Waals surface area contributed by atoms with Crippen LogP contribution in [0.1, 0.15) is 18.4 Å². The van der Waals surface area contributed by atoms with Crippen molar-refractivity contribution in [3.63, 3.8) is 0 Å². The number of nitrogens with zero attached hydrogens (tertiary/aromatic N) is 5. The number of tetrazole rings is 1. The summed E-state index contributed by atoms with van der Waals surface area (Å²) in [5, 5.41) is 15.2. The molecule has 7 nitrogen and oxygen atoms in total. The molecule has 1 aliphatic heterocycles. The summed E-state index contributed by atoms with van der Waals surface area (Å²) in [6.07, 6.45) is 2.26. The predicted molar refractivity (Wildman–Crippen MR) is 88.9 cm³/mol. The Hall–Kier alpha value is -1.99. The van der Waals surface area contributed by atoms with Crippen LogP contribution in [-0.2, 0) is 4.74 Å². The highest BCUT2D eigenvalue weighted by Crippen LogP contribution is 2.12. The van der Waals surface area contributed by atoms with Crippen molar-refractivity contribution < 1.29 is 4.74 Å². The van der Waals surface area contributed by atoms with Crippen molar-refractivity contribution in [1.82, 2.24) is 25.1 Å². The smallest absolute Gasteiger partial charge is 0.247 e. The lowest BCUT2D eigenvalue weighted by Gasteiger charge is -2.26. The standard InChI is InChI=1S/C16H24N6O/c1-14-4-6-15(7-5-14)22-16(18-19-20-22)17-8-2-3-9-21-10-12-23-13-11-21/h4-7H,2-3,8-13H2,1H3,(H,17,18,20). The van der Waals surface area contributed by atoms with Crippen molar-refractivity contribution in [1.29, 1.82) is 0 Å². The highest BCUT2D eigenvalue weighted by Gasteiger charge is 2.10. The van der Waals surface area contributed by atoms with Crippen LogP contribution in [0, 0.1) is 6.92 Å². The van der Waals surface area contributed by atoms with Gasteiger partial charge < -0.3 is 10.1 Å². The van der Waals surface area contributed by atoms with Crippen LogP contribution in [0.25, 0.3) is 5.69 Å². The van der Waals surface area contributed by atoms with Gasteiger partial charge in [-0.2, -0.15) is 4.68 Å². The fraction of sp³-hybridized carbons (Fsp3) is 0.562. The monoisotopic (exact) mass is 316 g/mol. The van der Waals surface area contributed by atoms with Crippen LogP contribution in [-0.4, -0.2) is 64.5 Å². The van der Waals surface area contributed by atoms with E-state index in [-0.39, 0.29) is 0 Å². The van der Waals surface area contributed by atoms with E-state index in [2.05, 4.69) is 44.8 Å². The SMILES string of the molecule is Cc1ccc(-n2nnnc2NCCCCN2CCOCC2)cc1. The third kappa shape index (κ3) is 4.49. The van der Waals surface area contributed by atoms with Gasteiger partial charge >= 0.3 is 0 Å². The van der Waals surface area contributed by atoms with Crippen molar-refractivity contribution in [2.24, 2.45) is 0 Å². The molecule has 1 aromatic heterocycles. The van der Waals surface area contributed by atoms with Crippen molar-refractivity contribution >= 4 is 5.95 Å². The van der Waals surface area contributed by atoms with E-state index in [1.165, 1.54) is 12.0 Å². The van der Waals surface area contributed by atoms with Crippen LogP contribution in [0.3, 0.4) is 0 Å². The Morgan fingerprint density at radius 1 is 1.13 bits per heavy atom. The summed E-state index contributed by atoms with van der Waals surface area (Å²) >= 11 is 0. The molecule has 1 fully saturated rings. The molecule has 0 amide bonds. The molecule has 0 radical (unpaired) electrons. The van der Waals surface area contributed by atoms with Gasteiger partial charge in [-0.3, -0.25) is 4.90 Å². The molecule has 0 unspecified atom stereocenters. The first kappa shape index (κ1) is 15.9. The highest BCUT2D eigenvalue weighted by atomic mass is 16.5. The van der Waals surface area contributed by atoms with Gasteiger partial charge in [0.05, 0.1) is 18.9 Å². The molecule has 1 N–H and O–H groups in total. The second-order valence-corrected chi connectivity index (χ2v) is 5.84. The summed E-state index contributed by atoms with van der Waals surface area (Å²) in [5.41, 5.74) is 2.19. The minimum atomic E-state index is 0.695. The number of morpholine rings is 1. The number of anilines is 1. The number of unbranched alkanes of at least 4 members (excludes halogenated alkanes) is 1. The van der Waals surface area contributed by atoms with E-state index in [0.717, 1.165) is 51.5 Å². The van der Waals surface area contributed by atoms with E-state index in [4.69, 9.17) is 4.74 Å². The molecule has 23 heavy (non-hydrogen) atoms. The molecule has 7 heteroatoms. The van der Waals surface area contributed by atoms with E-state index in [1.54, 1.807) is 4.68 Å². The zero-order valence-electron chi connectivity index (χ0n) is 13.6. The van der Waals surface area contributed by atoms with Gasteiger partial charge in [0.1, 0.15) is 0 Å². The summed E-state index contributed by atoms with van der Waals surface area (Å²) in [4.78, 5) is 2.46. The Balaban J connectivity index is 1.44. The molecule has 2 heterocycles. The minimum absolute atomic E-state index is 0.695. The number of hydrogen-bond donors (Lipinski definition) is 1. The molecule has 2 aromatic rings. The Labute approximate surface area is 136 Å². The highest BCUT2D eigenvalue weighted by molar-refractivity contribution is 5.39. The molecule has 1 saturated heterocycles. The number of aromatic nitrogens is 4. The molecule has 0 aliphatic carbocycles. The van der Waals surface area contributed by atoms with Gasteiger partial charge in [0.25, 0.3) is 0 Å². The first-order valence-corrected chi connectivity index (χ1v) is 8.22. The number of hydrogen-bond acceptors (Lipinski definition) is 6. The third-order valence-corrected chi connectivity index (χ3v) is 4.04. The predicted octanol–water partition coefficient (Wildman–Crippen LogP) is 1.50. The maximum absolute atomic E-state index is 5.36. The molecular formula is C16H24N6O. The van der Waals surface area contributed by atoms with Crippen molar-refractivity contribution in [3.8, 4) is 5.69 Å². The Morgan fingerprint density at radius 3 is 2.70 bits per heavy atom. The van der Waals surface area contributed by atoms with Crippen molar-refractivity contribution in [2.75, 3.05) is 44.7 Å². The Bertz CT molecular complexity index is 591. The van der Waals surface area contributed by atoms with Crippen LogP contribution < -0.4 is 5.32 Å². The lowest BCUT2D eigenvalue weighted by atomic mass is 10.2. The molecule has 124 valence electrons. The van der Waals surface area contributed by atoms with Gasteiger partial charge in [0.2, 0.25) is 5.95 Å². The van der Waals surface area contributed by atoms with Crippen molar-refractivity contribution in [3.05, 3.63) is 29.8 Å². The molecular weight excluding hydrogens is 292 g/mol. The van der Waals surface area contributed by atoms with E-state index in [1.807, 2.05) is 12.1 Å². The van der Waals surface area contributed by atoms with E-state index in [9.17, 15) is 0 Å². The molecule has 0 spiro atoms. The zero-order valence-corrected chi connectivity index (χ0v) is 13.6. The molecule has 0 saturated carbocycles. The van der Waals surface area contributed by atoms with E-state index >= 15 is 0 Å². The van der Waals surface area contributed by atoms with Gasteiger partial charge in [0.15, 0.2) is 0 Å². The summed E-state index contributed by atoms with van der Waals surface area (Å²) < 4.78 is 7.10. The van der Waals surface area contributed by atoms with Crippen molar-refractivity contribution in [2.45, 2.75) is 19.8 Å². The normalized spacial score (nSPS) is 15.7. The average molecular weight is 316 g/mol. The van der Waals surface area contributed by atoms with Crippen LogP contribution in [0.15, 0.2) is 24.3 Å². The van der Waals surface area contributed by atoms with Crippen LogP contribution >= 0.6 is 0 Å². The lowest BCUT2D eigenvalue weighted by molar-refractivity contribution is 0.0373. The number of benzene rings is 1. The maximum atomic E-state index is 5.36. The summed E-state index contributed by atoms with van der Waals surface area (Å²) in [7, 11) is 0. The fourth-order valence-corrected chi connectivity index (χ4v) is 2.64. The number of rotatable bonds is 7. The molecule has 0 atom stereocenters. The van der Waals surface area contributed by atoms with Crippen LogP contribution in [0.2, 0.25) is 0 Å².